The zero-order chi connectivity index (χ0) is 28.0. The summed E-state index contributed by atoms with van der Waals surface area (Å²) < 4.78 is 29.7. The topological polar surface area (TPSA) is 64.6 Å². The minimum absolute atomic E-state index is 0.0177. The number of fused-ring (bicyclic) bond motifs is 3. The number of nitrogens with one attached hydrogen (secondary N) is 1. The van der Waals surface area contributed by atoms with Crippen LogP contribution in [0.2, 0.25) is 5.02 Å². The largest absolute Gasteiger partial charge is 0.336 e. The highest BCUT2D eigenvalue weighted by atomic mass is 35.5. The summed E-state index contributed by atoms with van der Waals surface area (Å²) in [5, 5.41) is 3.66. The van der Waals surface area contributed by atoms with Crippen LogP contribution in [0.1, 0.15) is 15.9 Å². The van der Waals surface area contributed by atoms with E-state index in [2.05, 4.69) is 15.2 Å². The molecule has 3 heterocycles. The van der Waals surface area contributed by atoms with Crippen molar-refractivity contribution in [2.24, 2.45) is 0 Å². The van der Waals surface area contributed by atoms with Gasteiger partial charge >= 0.3 is 0 Å². The van der Waals surface area contributed by atoms with E-state index in [1.807, 2.05) is 31.1 Å². The molecular weight excluding hydrogens is 534 g/mol. The molecule has 10 heteroatoms. The van der Waals surface area contributed by atoms with Gasteiger partial charge in [-0.2, -0.15) is 0 Å². The van der Waals surface area contributed by atoms with E-state index in [4.69, 9.17) is 16.6 Å². The zero-order valence-electron chi connectivity index (χ0n) is 22.0. The molecule has 204 valence electrons. The summed E-state index contributed by atoms with van der Waals surface area (Å²) >= 11 is 6.34. The minimum Gasteiger partial charge on any atom is -0.336 e. The molecule has 7 nitrogen and oxygen atoms in total. The van der Waals surface area contributed by atoms with E-state index < -0.39 is 11.6 Å². The number of aromatic nitrogens is 2. The van der Waals surface area contributed by atoms with E-state index in [1.165, 1.54) is 18.2 Å². The van der Waals surface area contributed by atoms with E-state index in [-0.39, 0.29) is 11.6 Å². The number of anilines is 4. The zero-order valence-corrected chi connectivity index (χ0v) is 22.8. The van der Waals surface area contributed by atoms with Gasteiger partial charge in [0.1, 0.15) is 17.3 Å². The number of likely N-dealkylation sites (N-methyl/N-ethyl adjacent to an activating group) is 1. The van der Waals surface area contributed by atoms with Crippen LogP contribution in [0, 0.1) is 11.6 Å². The van der Waals surface area contributed by atoms with Gasteiger partial charge in [0.15, 0.2) is 0 Å². The fourth-order valence-electron chi connectivity index (χ4n) is 5.13. The number of carbonyl (C=O) groups is 1. The van der Waals surface area contributed by atoms with Crippen LogP contribution < -0.4 is 10.2 Å². The first-order valence-corrected chi connectivity index (χ1v) is 13.4. The molecule has 1 N–H and O–H groups in total. The Balaban J connectivity index is 1.31. The van der Waals surface area contributed by atoms with E-state index in [0.717, 1.165) is 5.56 Å². The van der Waals surface area contributed by atoms with Gasteiger partial charge in [-0.1, -0.05) is 23.7 Å². The quantitative estimate of drug-likeness (QED) is 0.328. The van der Waals surface area contributed by atoms with Gasteiger partial charge in [-0.3, -0.25) is 4.79 Å². The van der Waals surface area contributed by atoms with Crippen LogP contribution >= 0.6 is 11.6 Å². The summed E-state index contributed by atoms with van der Waals surface area (Å²) in [6.07, 6.45) is 2.18. The molecular formula is C30H27ClF2N6O. The summed E-state index contributed by atoms with van der Waals surface area (Å²) in [7, 11) is 4.03. The monoisotopic (exact) mass is 560 g/mol. The second-order valence-corrected chi connectivity index (χ2v) is 10.7. The van der Waals surface area contributed by atoms with Crippen molar-refractivity contribution in [3.05, 3.63) is 94.6 Å². The number of likely N-dealkylation sites (tertiary alicyclic amines) is 1. The van der Waals surface area contributed by atoms with Crippen LogP contribution in [-0.2, 0) is 6.42 Å². The Morgan fingerprint density at radius 2 is 1.80 bits per heavy atom. The molecule has 1 aromatic heterocycles. The van der Waals surface area contributed by atoms with Gasteiger partial charge in [0.05, 0.1) is 11.4 Å². The molecule has 0 saturated carbocycles. The number of hydrogen-bond donors (Lipinski definition) is 1. The van der Waals surface area contributed by atoms with E-state index in [9.17, 15) is 13.6 Å². The molecule has 1 saturated heterocycles. The highest BCUT2D eigenvalue weighted by molar-refractivity contribution is 6.31. The molecule has 0 spiro atoms. The Labute approximate surface area is 236 Å². The third kappa shape index (κ3) is 4.87. The maximum absolute atomic E-state index is 14.8. The summed E-state index contributed by atoms with van der Waals surface area (Å²) in [5.74, 6) is -0.993. The molecule has 2 aliphatic heterocycles. The van der Waals surface area contributed by atoms with Gasteiger partial charge in [0.25, 0.3) is 5.91 Å². The first kappa shape index (κ1) is 26.2. The van der Waals surface area contributed by atoms with Crippen LogP contribution in [0.15, 0.2) is 66.9 Å². The molecule has 0 bridgehead atoms. The Bertz CT molecular complexity index is 1590. The van der Waals surface area contributed by atoms with E-state index >= 15 is 0 Å². The third-order valence-corrected chi connectivity index (χ3v) is 7.66. The van der Waals surface area contributed by atoms with Gasteiger partial charge in [-0.15, -0.1) is 0 Å². The average Bonchev–Trinajstić information content (AvgIpc) is 3.04. The molecule has 0 aliphatic carbocycles. The molecule has 4 aromatic rings. The maximum atomic E-state index is 14.8. The number of rotatable bonds is 5. The fraction of sp³-hybridized carbons (Fsp3) is 0.233. The molecule has 0 unspecified atom stereocenters. The summed E-state index contributed by atoms with van der Waals surface area (Å²) in [6, 6.07) is 16.7. The van der Waals surface area contributed by atoms with Gasteiger partial charge in [0, 0.05) is 53.7 Å². The van der Waals surface area contributed by atoms with Crippen molar-refractivity contribution < 1.29 is 13.6 Å². The molecule has 6 rings (SSSR count). The number of halogens is 3. The molecule has 0 radical (unpaired) electrons. The van der Waals surface area contributed by atoms with Crippen molar-refractivity contribution in [3.63, 3.8) is 0 Å². The van der Waals surface area contributed by atoms with Crippen LogP contribution in [0.5, 0.6) is 0 Å². The molecule has 40 heavy (non-hydrogen) atoms. The van der Waals surface area contributed by atoms with Crippen molar-refractivity contribution in [3.8, 4) is 11.3 Å². The lowest BCUT2D eigenvalue weighted by molar-refractivity contribution is 0.0399. The Kier molecular flexibility index (Phi) is 6.85. The van der Waals surface area contributed by atoms with Crippen LogP contribution in [0.25, 0.3) is 11.3 Å². The summed E-state index contributed by atoms with van der Waals surface area (Å²) in [5.41, 5.74) is 3.84. The Morgan fingerprint density at radius 1 is 1.05 bits per heavy atom. The number of para-hydroxylation sites is 1. The predicted octanol–water partition coefficient (Wildman–Crippen LogP) is 5.90. The van der Waals surface area contributed by atoms with Crippen molar-refractivity contribution in [1.82, 2.24) is 19.8 Å². The number of hydrogen-bond acceptors (Lipinski definition) is 6. The molecule has 3 aromatic carbocycles. The van der Waals surface area contributed by atoms with Gasteiger partial charge in [0.2, 0.25) is 5.95 Å². The number of amides is 1. The third-order valence-electron chi connectivity index (χ3n) is 7.43. The second-order valence-electron chi connectivity index (χ2n) is 10.2. The normalized spacial score (nSPS) is 14.8. The Hall–Kier alpha value is -4.08. The van der Waals surface area contributed by atoms with Crippen molar-refractivity contribution in [2.75, 3.05) is 43.9 Å². The van der Waals surface area contributed by atoms with Crippen molar-refractivity contribution in [1.29, 1.82) is 0 Å². The lowest BCUT2D eigenvalue weighted by atomic mass is 10.0. The Morgan fingerprint density at radius 3 is 2.55 bits per heavy atom. The highest BCUT2D eigenvalue weighted by Crippen LogP contribution is 2.42. The number of carbonyl (C=O) groups excluding carboxylic acids is 1. The molecule has 2 aliphatic rings. The van der Waals surface area contributed by atoms with Gasteiger partial charge in [-0.05, 0) is 74.6 Å². The maximum Gasteiger partial charge on any atom is 0.254 e. The lowest BCUT2D eigenvalue weighted by Crippen LogP contribution is -2.59. The SMILES string of the molecule is CN(C)C1CN(C(=O)c2cccc(Nc3ncc4c(n3)-c3ccc(Cl)cc3N(c3c(F)cccc3F)CC4)c2)C1. The average molecular weight is 561 g/mol. The second kappa shape index (κ2) is 10.5. The summed E-state index contributed by atoms with van der Waals surface area (Å²) in [4.78, 5) is 27.8. The van der Waals surface area contributed by atoms with Crippen LogP contribution in [0.4, 0.5) is 31.8 Å². The lowest BCUT2D eigenvalue weighted by Gasteiger charge is -2.42. The van der Waals surface area contributed by atoms with Crippen molar-refractivity contribution in [2.45, 2.75) is 12.5 Å². The number of nitrogens with zero attached hydrogens (tertiary/aromatic N) is 5. The van der Waals surface area contributed by atoms with Crippen molar-refractivity contribution >= 4 is 40.5 Å². The molecule has 0 atom stereocenters. The van der Waals surface area contributed by atoms with Gasteiger partial charge in [-0.25, -0.2) is 18.7 Å². The van der Waals surface area contributed by atoms with Crippen LogP contribution in [0.3, 0.4) is 0 Å². The minimum atomic E-state index is -0.657. The molecule has 1 fully saturated rings. The molecule has 1 amide bonds. The van der Waals surface area contributed by atoms with Crippen LogP contribution in [-0.4, -0.2) is 65.4 Å². The highest BCUT2D eigenvalue weighted by Gasteiger charge is 2.32. The smallest absolute Gasteiger partial charge is 0.254 e. The van der Waals surface area contributed by atoms with Gasteiger partial charge < -0.3 is 20.0 Å². The number of benzene rings is 3. The predicted molar refractivity (Wildman–Crippen MR) is 153 cm³/mol. The standard InChI is InChI=1S/C30H27ClF2N6O/c1-37(2)22-16-38(17-22)29(40)18-5-3-6-21(13-18)35-30-34-15-19-11-12-39(28-24(32)7-4-8-25(28)33)26-14-20(31)9-10-23(26)27(19)36-30/h3-10,13-15,22H,11-12,16-17H2,1-2H3,(H,34,35,36). The first-order chi connectivity index (χ1) is 19.3. The first-order valence-electron chi connectivity index (χ1n) is 13.0. The van der Waals surface area contributed by atoms with E-state index in [0.29, 0.717) is 71.3 Å². The van der Waals surface area contributed by atoms with E-state index in [1.54, 1.807) is 41.4 Å². The summed E-state index contributed by atoms with van der Waals surface area (Å²) in [6.45, 7) is 1.72. The fourth-order valence-corrected chi connectivity index (χ4v) is 5.30.